The Morgan fingerprint density at radius 2 is 1.41 bits per heavy atom. The fraction of sp³-hybridized carbons (Fsp3) is 0.107. The van der Waals surface area contributed by atoms with Crippen LogP contribution in [0.15, 0.2) is 84.9 Å². The summed E-state index contributed by atoms with van der Waals surface area (Å²) in [5.74, 6) is -2.63. The number of Topliss-reactive ketones (excluding diaryl/α,β-unsaturated/α-hetero) is 2. The molecule has 3 aromatic rings. The zero-order valence-corrected chi connectivity index (χ0v) is 19.9. The van der Waals surface area contributed by atoms with Gasteiger partial charge in [-0.05, 0) is 29.3 Å². The SMILES string of the molecule is COC(=O)C(O)CC(=N)c1ccc(C(=O)C(=O)c2ccc(/C=C/C(=O)NNc3ccccc3)cc2)cc1. The second-order valence-corrected chi connectivity index (χ2v) is 7.89. The molecule has 0 saturated heterocycles. The number of rotatable bonds is 11. The van der Waals surface area contributed by atoms with E-state index in [4.69, 9.17) is 5.41 Å². The summed E-state index contributed by atoms with van der Waals surface area (Å²) in [6.07, 6.45) is 1.20. The standard InChI is InChI=1S/C28H25N3O6/c1-37-28(36)24(32)17-23(29)19-12-14-21(15-13-19)27(35)26(34)20-10-7-18(8-11-20)9-16-25(33)31-30-22-5-3-2-4-6-22/h2-16,24,29-30,32H,17H2,1H3,(H,31,33)/b16-9+,29-23?. The summed E-state index contributed by atoms with van der Waals surface area (Å²) in [4.78, 5) is 48.6. The number of hydrazine groups is 1. The Balaban J connectivity index is 1.56. The molecule has 1 amide bonds. The molecule has 0 aliphatic rings. The van der Waals surface area contributed by atoms with Gasteiger partial charge in [0.05, 0.1) is 12.8 Å². The minimum atomic E-state index is -1.46. The van der Waals surface area contributed by atoms with E-state index in [0.29, 0.717) is 11.1 Å². The Bertz CT molecular complexity index is 1320. The van der Waals surface area contributed by atoms with Gasteiger partial charge in [-0.15, -0.1) is 0 Å². The lowest BCUT2D eigenvalue weighted by Gasteiger charge is -2.10. The zero-order valence-electron chi connectivity index (χ0n) is 19.9. The number of para-hydroxylation sites is 1. The molecule has 0 spiro atoms. The number of carbonyl (C=O) groups is 4. The third kappa shape index (κ3) is 7.55. The van der Waals surface area contributed by atoms with Crippen LogP contribution < -0.4 is 10.9 Å². The van der Waals surface area contributed by atoms with Crippen LogP contribution in [-0.2, 0) is 14.3 Å². The Hall–Kier alpha value is -4.89. The van der Waals surface area contributed by atoms with Crippen LogP contribution in [0, 0.1) is 5.41 Å². The van der Waals surface area contributed by atoms with E-state index >= 15 is 0 Å². The van der Waals surface area contributed by atoms with Gasteiger partial charge in [0.25, 0.3) is 5.91 Å². The summed E-state index contributed by atoms with van der Waals surface area (Å²) < 4.78 is 4.43. The lowest BCUT2D eigenvalue weighted by molar-refractivity contribution is -0.149. The van der Waals surface area contributed by atoms with Crippen LogP contribution in [0.25, 0.3) is 6.08 Å². The molecule has 4 N–H and O–H groups in total. The molecule has 37 heavy (non-hydrogen) atoms. The van der Waals surface area contributed by atoms with E-state index in [1.807, 2.05) is 18.2 Å². The van der Waals surface area contributed by atoms with Crippen molar-refractivity contribution in [3.05, 3.63) is 107 Å². The maximum absolute atomic E-state index is 12.6. The number of carbonyl (C=O) groups excluding carboxylic acids is 4. The molecule has 0 aromatic heterocycles. The highest BCUT2D eigenvalue weighted by Crippen LogP contribution is 2.14. The third-order valence-electron chi connectivity index (χ3n) is 5.28. The number of methoxy groups -OCH3 is 1. The first-order chi connectivity index (χ1) is 17.8. The number of hydrogen-bond donors (Lipinski definition) is 4. The van der Waals surface area contributed by atoms with Crippen molar-refractivity contribution in [3.8, 4) is 0 Å². The van der Waals surface area contributed by atoms with Crippen molar-refractivity contribution in [1.82, 2.24) is 5.43 Å². The smallest absolute Gasteiger partial charge is 0.335 e. The molecule has 3 rings (SSSR count). The van der Waals surface area contributed by atoms with E-state index < -0.39 is 23.6 Å². The van der Waals surface area contributed by atoms with Gasteiger partial charge >= 0.3 is 5.97 Å². The fourth-order valence-electron chi connectivity index (χ4n) is 3.23. The second-order valence-electron chi connectivity index (χ2n) is 7.89. The van der Waals surface area contributed by atoms with Crippen molar-refractivity contribution in [2.75, 3.05) is 12.5 Å². The van der Waals surface area contributed by atoms with E-state index in [1.54, 1.807) is 30.3 Å². The molecule has 9 nitrogen and oxygen atoms in total. The summed E-state index contributed by atoms with van der Waals surface area (Å²) in [5.41, 5.74) is 7.43. The van der Waals surface area contributed by atoms with E-state index in [2.05, 4.69) is 15.6 Å². The van der Waals surface area contributed by atoms with Crippen LogP contribution in [0.3, 0.4) is 0 Å². The van der Waals surface area contributed by atoms with E-state index in [0.717, 1.165) is 12.8 Å². The van der Waals surface area contributed by atoms with Crippen molar-refractivity contribution in [3.63, 3.8) is 0 Å². The number of aliphatic hydroxyl groups is 1. The van der Waals surface area contributed by atoms with Gasteiger partial charge < -0.3 is 15.3 Å². The summed E-state index contributed by atoms with van der Waals surface area (Å²) in [6, 6.07) is 21.1. The predicted molar refractivity (Wildman–Crippen MR) is 138 cm³/mol. The minimum Gasteiger partial charge on any atom is -0.467 e. The third-order valence-corrected chi connectivity index (χ3v) is 5.28. The molecule has 188 valence electrons. The highest BCUT2D eigenvalue weighted by Gasteiger charge is 2.20. The predicted octanol–water partition coefficient (Wildman–Crippen LogP) is 3.20. The molecule has 3 aromatic carbocycles. The number of anilines is 1. The topological polar surface area (TPSA) is 146 Å². The monoisotopic (exact) mass is 499 g/mol. The van der Waals surface area contributed by atoms with Crippen LogP contribution in [0.4, 0.5) is 5.69 Å². The van der Waals surface area contributed by atoms with Crippen molar-refractivity contribution in [1.29, 1.82) is 5.41 Å². The summed E-state index contributed by atoms with van der Waals surface area (Å²) in [6.45, 7) is 0. The Labute approximate surface area is 213 Å². The van der Waals surface area contributed by atoms with Gasteiger partial charge in [0.1, 0.15) is 0 Å². The molecular formula is C28H25N3O6. The van der Waals surface area contributed by atoms with Crippen molar-refractivity contribution in [2.24, 2.45) is 0 Å². The lowest BCUT2D eigenvalue weighted by atomic mass is 9.97. The van der Waals surface area contributed by atoms with Gasteiger partial charge in [0, 0.05) is 29.3 Å². The van der Waals surface area contributed by atoms with Gasteiger partial charge in [-0.1, -0.05) is 66.7 Å². The molecule has 0 aliphatic carbocycles. The quantitative estimate of drug-likeness (QED) is 0.0791. The van der Waals surface area contributed by atoms with Gasteiger partial charge in [0.2, 0.25) is 11.6 Å². The Kier molecular flexibility index (Phi) is 9.17. The average molecular weight is 500 g/mol. The molecule has 9 heteroatoms. The van der Waals surface area contributed by atoms with Gasteiger partial charge in [-0.2, -0.15) is 0 Å². The van der Waals surface area contributed by atoms with Crippen LogP contribution >= 0.6 is 0 Å². The molecule has 0 aliphatic heterocycles. The van der Waals surface area contributed by atoms with Crippen molar-refractivity contribution in [2.45, 2.75) is 12.5 Å². The zero-order chi connectivity index (χ0) is 26.8. The molecule has 0 saturated carbocycles. The normalized spacial score (nSPS) is 11.4. The first-order valence-corrected chi connectivity index (χ1v) is 11.2. The van der Waals surface area contributed by atoms with E-state index in [1.165, 1.54) is 42.5 Å². The number of hydrogen-bond acceptors (Lipinski definition) is 8. The van der Waals surface area contributed by atoms with Gasteiger partial charge in [-0.3, -0.25) is 25.2 Å². The van der Waals surface area contributed by atoms with Gasteiger partial charge in [-0.25, -0.2) is 4.79 Å². The highest BCUT2D eigenvalue weighted by atomic mass is 16.5. The summed E-state index contributed by atoms with van der Waals surface area (Å²) >= 11 is 0. The molecule has 0 bridgehead atoms. The molecule has 0 radical (unpaired) electrons. The Morgan fingerprint density at radius 3 is 1.97 bits per heavy atom. The molecule has 0 heterocycles. The first-order valence-electron chi connectivity index (χ1n) is 11.2. The summed E-state index contributed by atoms with van der Waals surface area (Å²) in [7, 11) is 1.14. The van der Waals surface area contributed by atoms with E-state index in [9.17, 15) is 24.3 Å². The van der Waals surface area contributed by atoms with E-state index in [-0.39, 0.29) is 29.2 Å². The summed E-state index contributed by atoms with van der Waals surface area (Å²) in [5, 5.41) is 17.7. The number of aliphatic hydroxyl groups excluding tert-OH is 1. The van der Waals surface area contributed by atoms with Crippen LogP contribution in [-0.4, -0.2) is 47.5 Å². The minimum absolute atomic E-state index is 0.0172. The second kappa shape index (κ2) is 12.7. The number of ether oxygens (including phenoxy) is 1. The first kappa shape index (κ1) is 26.7. The molecule has 1 atom stereocenters. The van der Waals surface area contributed by atoms with Crippen LogP contribution in [0.2, 0.25) is 0 Å². The largest absolute Gasteiger partial charge is 0.467 e. The number of esters is 1. The molecule has 1 unspecified atom stereocenters. The molecule has 0 fully saturated rings. The number of nitrogens with one attached hydrogen (secondary N) is 3. The van der Waals surface area contributed by atoms with Crippen molar-refractivity contribution >= 4 is 40.9 Å². The average Bonchev–Trinajstić information content (AvgIpc) is 2.94. The van der Waals surface area contributed by atoms with Gasteiger partial charge in [0.15, 0.2) is 6.10 Å². The number of benzene rings is 3. The number of ketones is 2. The van der Waals surface area contributed by atoms with Crippen LogP contribution in [0.1, 0.15) is 38.3 Å². The lowest BCUT2D eigenvalue weighted by Crippen LogP contribution is -2.27. The Morgan fingerprint density at radius 1 is 0.865 bits per heavy atom. The van der Waals surface area contributed by atoms with Crippen LogP contribution in [0.5, 0.6) is 0 Å². The molecular weight excluding hydrogens is 474 g/mol. The van der Waals surface area contributed by atoms with Crippen molar-refractivity contribution < 1.29 is 29.0 Å². The number of amides is 1. The maximum atomic E-state index is 12.6. The maximum Gasteiger partial charge on any atom is 0.335 e. The highest BCUT2D eigenvalue weighted by molar-refractivity contribution is 6.49. The fourth-order valence-corrected chi connectivity index (χ4v) is 3.23.